The molecular formula is C16H15FN4O4. The minimum Gasteiger partial charge on any atom is -0.350 e. The van der Waals surface area contributed by atoms with Crippen molar-refractivity contribution >= 4 is 17.5 Å². The number of carbonyl (C=O) groups excluding carboxylic acids is 2. The molecule has 0 aliphatic rings. The fourth-order valence-electron chi connectivity index (χ4n) is 2.04. The first-order chi connectivity index (χ1) is 11.9. The van der Waals surface area contributed by atoms with E-state index in [1.54, 1.807) is 12.1 Å². The lowest BCUT2D eigenvalue weighted by atomic mass is 10.1. The van der Waals surface area contributed by atoms with E-state index < -0.39 is 22.3 Å². The van der Waals surface area contributed by atoms with Crippen molar-refractivity contribution in [2.24, 2.45) is 0 Å². The maximum Gasteiger partial charge on any atom is 0.276 e. The van der Waals surface area contributed by atoms with E-state index in [4.69, 9.17) is 0 Å². The second-order valence-corrected chi connectivity index (χ2v) is 5.11. The first-order valence-electron chi connectivity index (χ1n) is 7.31. The van der Waals surface area contributed by atoms with Gasteiger partial charge in [0.1, 0.15) is 5.82 Å². The van der Waals surface area contributed by atoms with Crippen LogP contribution < -0.4 is 10.6 Å². The first kappa shape index (κ1) is 18.0. The quantitative estimate of drug-likeness (QED) is 0.468. The fourth-order valence-corrected chi connectivity index (χ4v) is 2.04. The molecule has 0 radical (unpaired) electrons. The summed E-state index contributed by atoms with van der Waals surface area (Å²) in [6, 6.07) is 5.17. The van der Waals surface area contributed by atoms with Gasteiger partial charge in [0, 0.05) is 37.1 Å². The van der Waals surface area contributed by atoms with Gasteiger partial charge in [0.2, 0.25) is 0 Å². The van der Waals surface area contributed by atoms with Crippen molar-refractivity contribution in [3.05, 3.63) is 69.3 Å². The Kier molecular flexibility index (Phi) is 5.72. The average molecular weight is 346 g/mol. The van der Waals surface area contributed by atoms with Gasteiger partial charge in [0.05, 0.1) is 16.1 Å². The molecule has 0 saturated carbocycles. The number of benzene rings is 1. The van der Waals surface area contributed by atoms with Crippen LogP contribution in [0.1, 0.15) is 26.3 Å². The van der Waals surface area contributed by atoms with E-state index >= 15 is 0 Å². The zero-order valence-corrected chi connectivity index (χ0v) is 13.3. The van der Waals surface area contributed by atoms with Gasteiger partial charge in [-0.3, -0.25) is 24.7 Å². The SMILES string of the molecule is Cc1c(F)cc(C(=O)NCCNC(=O)c2cccnc2)cc1[N+](=O)[O-]. The summed E-state index contributed by atoms with van der Waals surface area (Å²) in [5.74, 6) is -1.85. The van der Waals surface area contributed by atoms with Gasteiger partial charge in [-0.1, -0.05) is 0 Å². The Bertz CT molecular complexity index is 811. The molecule has 0 bridgehead atoms. The molecule has 9 heteroatoms. The van der Waals surface area contributed by atoms with Crippen LogP contribution in [0.5, 0.6) is 0 Å². The summed E-state index contributed by atoms with van der Waals surface area (Å²) >= 11 is 0. The number of amides is 2. The summed E-state index contributed by atoms with van der Waals surface area (Å²) < 4.78 is 13.7. The summed E-state index contributed by atoms with van der Waals surface area (Å²) in [5, 5.41) is 15.9. The maximum absolute atomic E-state index is 13.7. The molecule has 130 valence electrons. The van der Waals surface area contributed by atoms with Gasteiger partial charge in [-0.2, -0.15) is 0 Å². The normalized spacial score (nSPS) is 10.2. The van der Waals surface area contributed by atoms with Crippen molar-refractivity contribution in [1.29, 1.82) is 0 Å². The molecule has 1 heterocycles. The van der Waals surface area contributed by atoms with Gasteiger partial charge in [-0.15, -0.1) is 0 Å². The number of nitrogens with one attached hydrogen (secondary N) is 2. The first-order valence-corrected chi connectivity index (χ1v) is 7.31. The van der Waals surface area contributed by atoms with Gasteiger partial charge in [0.25, 0.3) is 17.5 Å². The lowest BCUT2D eigenvalue weighted by molar-refractivity contribution is -0.385. The summed E-state index contributed by atoms with van der Waals surface area (Å²) in [7, 11) is 0. The molecule has 0 aliphatic heterocycles. The Morgan fingerprint density at radius 1 is 1.20 bits per heavy atom. The Hall–Kier alpha value is -3.36. The standard InChI is InChI=1S/C16H15FN4O4/c1-10-13(17)7-12(8-14(10)21(24)25)16(23)20-6-5-19-15(22)11-3-2-4-18-9-11/h2-4,7-9H,5-6H2,1H3,(H,19,22)(H,20,23). The highest BCUT2D eigenvalue weighted by Gasteiger charge is 2.19. The highest BCUT2D eigenvalue weighted by molar-refractivity contribution is 5.95. The Balaban J connectivity index is 1.91. The van der Waals surface area contributed by atoms with Crippen molar-refractivity contribution < 1.29 is 18.9 Å². The fraction of sp³-hybridized carbons (Fsp3) is 0.188. The number of carbonyl (C=O) groups is 2. The topological polar surface area (TPSA) is 114 Å². The van der Waals surface area contributed by atoms with Crippen LogP contribution in [-0.4, -0.2) is 34.8 Å². The second-order valence-electron chi connectivity index (χ2n) is 5.11. The molecule has 25 heavy (non-hydrogen) atoms. The number of hydrogen-bond donors (Lipinski definition) is 2. The van der Waals surface area contributed by atoms with Crippen molar-refractivity contribution in [2.75, 3.05) is 13.1 Å². The van der Waals surface area contributed by atoms with Gasteiger partial charge >= 0.3 is 0 Å². The van der Waals surface area contributed by atoms with E-state index in [2.05, 4.69) is 15.6 Å². The third kappa shape index (κ3) is 4.56. The Morgan fingerprint density at radius 2 is 1.84 bits per heavy atom. The van der Waals surface area contributed by atoms with Gasteiger partial charge in [-0.05, 0) is 25.1 Å². The number of nitro groups is 1. The van der Waals surface area contributed by atoms with Crippen LogP contribution in [0.25, 0.3) is 0 Å². The van der Waals surface area contributed by atoms with Crippen molar-refractivity contribution in [3.63, 3.8) is 0 Å². The third-order valence-corrected chi connectivity index (χ3v) is 3.40. The van der Waals surface area contributed by atoms with E-state index in [-0.39, 0.29) is 30.1 Å². The smallest absolute Gasteiger partial charge is 0.276 e. The Morgan fingerprint density at radius 3 is 2.40 bits per heavy atom. The predicted octanol–water partition coefficient (Wildman–Crippen LogP) is 1.60. The summed E-state index contributed by atoms with van der Waals surface area (Å²) in [4.78, 5) is 37.7. The molecule has 8 nitrogen and oxygen atoms in total. The molecular weight excluding hydrogens is 331 g/mol. The molecule has 1 aromatic carbocycles. The molecule has 0 saturated heterocycles. The molecule has 2 amide bonds. The number of pyridine rings is 1. The van der Waals surface area contributed by atoms with Crippen LogP contribution in [0.3, 0.4) is 0 Å². The number of nitrogens with zero attached hydrogens (tertiary/aromatic N) is 2. The highest BCUT2D eigenvalue weighted by atomic mass is 19.1. The minimum absolute atomic E-state index is 0.0775. The molecule has 0 unspecified atom stereocenters. The summed E-state index contributed by atoms with van der Waals surface area (Å²) in [6.45, 7) is 1.48. The number of rotatable bonds is 6. The summed E-state index contributed by atoms with van der Waals surface area (Å²) in [6.07, 6.45) is 2.94. The molecule has 0 spiro atoms. The zero-order valence-electron chi connectivity index (χ0n) is 13.3. The highest BCUT2D eigenvalue weighted by Crippen LogP contribution is 2.22. The molecule has 2 N–H and O–H groups in total. The van der Waals surface area contributed by atoms with Crippen molar-refractivity contribution in [3.8, 4) is 0 Å². The monoisotopic (exact) mass is 346 g/mol. The number of nitro benzene ring substituents is 1. The van der Waals surface area contributed by atoms with Crippen LogP contribution >= 0.6 is 0 Å². The van der Waals surface area contributed by atoms with Crippen LogP contribution in [-0.2, 0) is 0 Å². The molecule has 2 aromatic rings. The van der Waals surface area contributed by atoms with Crippen LogP contribution in [0, 0.1) is 22.9 Å². The lowest BCUT2D eigenvalue weighted by Crippen LogP contribution is -2.34. The largest absolute Gasteiger partial charge is 0.350 e. The van der Waals surface area contributed by atoms with E-state index in [0.717, 1.165) is 12.1 Å². The third-order valence-electron chi connectivity index (χ3n) is 3.40. The minimum atomic E-state index is -0.829. The predicted molar refractivity (Wildman–Crippen MR) is 86.7 cm³/mol. The van der Waals surface area contributed by atoms with Gasteiger partial charge in [0.15, 0.2) is 0 Å². The lowest BCUT2D eigenvalue weighted by Gasteiger charge is -2.08. The summed E-state index contributed by atoms with van der Waals surface area (Å²) in [5.41, 5.74) is -0.376. The van der Waals surface area contributed by atoms with Crippen molar-refractivity contribution in [2.45, 2.75) is 6.92 Å². The van der Waals surface area contributed by atoms with E-state index in [1.807, 2.05) is 0 Å². The van der Waals surface area contributed by atoms with Crippen molar-refractivity contribution in [1.82, 2.24) is 15.6 Å². The van der Waals surface area contributed by atoms with Gasteiger partial charge < -0.3 is 10.6 Å². The molecule has 0 aliphatic carbocycles. The molecule has 1 aromatic heterocycles. The van der Waals surface area contributed by atoms with E-state index in [1.165, 1.54) is 19.3 Å². The molecule has 2 rings (SSSR count). The maximum atomic E-state index is 13.7. The van der Waals surface area contributed by atoms with Crippen LogP contribution in [0.4, 0.5) is 10.1 Å². The second kappa shape index (κ2) is 7.95. The van der Waals surface area contributed by atoms with E-state index in [9.17, 15) is 24.1 Å². The number of halogens is 1. The van der Waals surface area contributed by atoms with Gasteiger partial charge in [-0.25, -0.2) is 4.39 Å². The number of hydrogen-bond acceptors (Lipinski definition) is 5. The van der Waals surface area contributed by atoms with E-state index in [0.29, 0.717) is 5.56 Å². The average Bonchev–Trinajstić information content (AvgIpc) is 2.60. The zero-order chi connectivity index (χ0) is 18.4. The Labute approximate surface area is 142 Å². The van der Waals surface area contributed by atoms with Crippen LogP contribution in [0.15, 0.2) is 36.7 Å². The molecule has 0 fully saturated rings. The van der Waals surface area contributed by atoms with Crippen LogP contribution in [0.2, 0.25) is 0 Å². The number of aromatic nitrogens is 1. The molecule has 0 atom stereocenters.